The highest BCUT2D eigenvalue weighted by molar-refractivity contribution is 6.18. The average molecular weight is 832 g/mol. The lowest BCUT2D eigenvalue weighted by molar-refractivity contribution is 0.661. The zero-order valence-corrected chi connectivity index (χ0v) is 35.9. The number of fused-ring (bicyclic) bond motifs is 10. The van der Waals surface area contributed by atoms with Gasteiger partial charge in [-0.15, -0.1) is 0 Å². The van der Waals surface area contributed by atoms with Gasteiger partial charge in [0.25, 0.3) is 0 Å². The molecular formula is C60H41N5. The monoisotopic (exact) mass is 831 g/mol. The van der Waals surface area contributed by atoms with Crippen LogP contribution in [0.15, 0.2) is 212 Å². The Labute approximate surface area is 376 Å². The standard InChI is InChI=1S/C60H41N5/c1-60(2)49-23-10-6-21-47(49)55-50(60)35-36-54-56(55)48-22-9-13-26-53(48)64(54)43-33-31-41(32-34-43)58-61-57(40-29-27-39(28-30-40)38-15-4-3-5-16-38)62-59(63-58)42-17-14-18-44(37-42)65-51-24-11-7-19-45(51)46-20-8-12-25-52(46)65/h3-37H,1-2H3. The molecule has 0 bridgehead atoms. The second-order valence-corrected chi connectivity index (χ2v) is 17.6. The summed E-state index contributed by atoms with van der Waals surface area (Å²) in [4.78, 5) is 15.6. The summed E-state index contributed by atoms with van der Waals surface area (Å²) in [7, 11) is 0. The van der Waals surface area contributed by atoms with Gasteiger partial charge in [0.05, 0.1) is 22.1 Å². The van der Waals surface area contributed by atoms with Crippen LogP contribution in [-0.4, -0.2) is 24.1 Å². The molecule has 0 N–H and O–H groups in total. The number of hydrogen-bond donors (Lipinski definition) is 0. The van der Waals surface area contributed by atoms with Crippen molar-refractivity contribution in [1.29, 1.82) is 0 Å². The summed E-state index contributed by atoms with van der Waals surface area (Å²) in [5.74, 6) is 1.85. The predicted molar refractivity (Wildman–Crippen MR) is 268 cm³/mol. The maximum Gasteiger partial charge on any atom is 0.164 e. The number of nitrogens with zero attached hydrogens (tertiary/aromatic N) is 5. The molecule has 65 heavy (non-hydrogen) atoms. The Morgan fingerprint density at radius 1 is 0.338 bits per heavy atom. The van der Waals surface area contributed by atoms with E-state index in [4.69, 9.17) is 15.0 Å². The summed E-state index contributed by atoms with van der Waals surface area (Å²) < 4.78 is 4.74. The van der Waals surface area contributed by atoms with Gasteiger partial charge in [0.15, 0.2) is 17.5 Å². The Bertz CT molecular complexity index is 3780. The Morgan fingerprint density at radius 2 is 0.831 bits per heavy atom. The third kappa shape index (κ3) is 5.75. The van der Waals surface area contributed by atoms with Crippen molar-refractivity contribution in [2.75, 3.05) is 0 Å². The topological polar surface area (TPSA) is 48.5 Å². The second kappa shape index (κ2) is 14.3. The molecule has 12 aromatic rings. The van der Waals surface area contributed by atoms with Crippen molar-refractivity contribution in [3.05, 3.63) is 223 Å². The highest BCUT2D eigenvalue weighted by atomic mass is 15.0. The Hall–Kier alpha value is -8.41. The maximum atomic E-state index is 5.24. The van der Waals surface area contributed by atoms with Crippen molar-refractivity contribution in [1.82, 2.24) is 24.1 Å². The average Bonchev–Trinajstić information content (AvgIpc) is 3.97. The van der Waals surface area contributed by atoms with E-state index < -0.39 is 0 Å². The Balaban J connectivity index is 0.953. The molecule has 3 heterocycles. The molecule has 3 aromatic heterocycles. The molecule has 1 aliphatic rings. The van der Waals surface area contributed by atoms with Crippen molar-refractivity contribution in [2.24, 2.45) is 0 Å². The van der Waals surface area contributed by atoms with Gasteiger partial charge in [0.1, 0.15) is 0 Å². The molecule has 0 fully saturated rings. The molecule has 0 unspecified atom stereocenters. The maximum absolute atomic E-state index is 5.24. The lowest BCUT2D eigenvalue weighted by atomic mass is 9.82. The van der Waals surface area contributed by atoms with Crippen LogP contribution in [0.25, 0.3) is 111 Å². The van der Waals surface area contributed by atoms with Crippen molar-refractivity contribution in [3.63, 3.8) is 0 Å². The van der Waals surface area contributed by atoms with E-state index in [1.807, 2.05) is 6.07 Å². The predicted octanol–water partition coefficient (Wildman–Crippen LogP) is 15.0. The van der Waals surface area contributed by atoms with Crippen molar-refractivity contribution in [3.8, 4) is 67.8 Å². The van der Waals surface area contributed by atoms with E-state index in [0.29, 0.717) is 17.5 Å². The Kier molecular flexibility index (Phi) is 8.18. The third-order valence-corrected chi connectivity index (χ3v) is 13.6. The van der Waals surface area contributed by atoms with Crippen LogP contribution in [-0.2, 0) is 5.41 Å². The molecule has 5 nitrogen and oxygen atoms in total. The van der Waals surface area contributed by atoms with Gasteiger partial charge in [-0.1, -0.05) is 166 Å². The van der Waals surface area contributed by atoms with E-state index >= 15 is 0 Å². The number of hydrogen-bond acceptors (Lipinski definition) is 3. The lowest BCUT2D eigenvalue weighted by Gasteiger charge is -2.21. The molecule has 0 radical (unpaired) electrons. The molecule has 5 heteroatoms. The van der Waals surface area contributed by atoms with Gasteiger partial charge in [0.2, 0.25) is 0 Å². The van der Waals surface area contributed by atoms with Crippen molar-refractivity contribution in [2.45, 2.75) is 19.3 Å². The van der Waals surface area contributed by atoms with Crippen LogP contribution < -0.4 is 0 Å². The normalized spacial score (nSPS) is 12.9. The van der Waals surface area contributed by atoms with E-state index in [0.717, 1.165) is 44.7 Å². The fraction of sp³-hybridized carbons (Fsp3) is 0.0500. The first-order chi connectivity index (χ1) is 32.0. The fourth-order valence-electron chi connectivity index (χ4n) is 10.5. The number of rotatable bonds is 6. The minimum atomic E-state index is -0.0799. The number of benzene rings is 9. The minimum absolute atomic E-state index is 0.0799. The summed E-state index contributed by atoms with van der Waals surface area (Å²) in [6.07, 6.45) is 0. The highest BCUT2D eigenvalue weighted by Crippen LogP contribution is 2.53. The van der Waals surface area contributed by atoms with E-state index in [1.54, 1.807) is 0 Å². The number of para-hydroxylation sites is 3. The van der Waals surface area contributed by atoms with E-state index in [9.17, 15) is 0 Å². The summed E-state index contributed by atoms with van der Waals surface area (Å²) in [6.45, 7) is 4.70. The molecule has 0 aliphatic heterocycles. The van der Waals surface area contributed by atoms with E-state index in [-0.39, 0.29) is 5.41 Å². The van der Waals surface area contributed by atoms with Crippen LogP contribution in [0.5, 0.6) is 0 Å². The van der Waals surface area contributed by atoms with Gasteiger partial charge in [-0.25, -0.2) is 15.0 Å². The van der Waals surface area contributed by atoms with Crippen LogP contribution in [0.3, 0.4) is 0 Å². The van der Waals surface area contributed by atoms with Gasteiger partial charge in [0, 0.05) is 55.0 Å². The van der Waals surface area contributed by atoms with Crippen LogP contribution in [0.4, 0.5) is 0 Å². The smallest absolute Gasteiger partial charge is 0.164 e. The second-order valence-electron chi connectivity index (χ2n) is 17.6. The summed E-state index contributed by atoms with van der Waals surface area (Å²) >= 11 is 0. The Morgan fingerprint density at radius 3 is 1.51 bits per heavy atom. The van der Waals surface area contributed by atoms with Crippen LogP contribution in [0, 0.1) is 0 Å². The zero-order valence-electron chi connectivity index (χ0n) is 35.9. The number of aromatic nitrogens is 5. The molecule has 9 aromatic carbocycles. The fourth-order valence-corrected chi connectivity index (χ4v) is 10.5. The van der Waals surface area contributed by atoms with Gasteiger partial charge >= 0.3 is 0 Å². The van der Waals surface area contributed by atoms with Gasteiger partial charge in [-0.2, -0.15) is 0 Å². The van der Waals surface area contributed by atoms with E-state index in [1.165, 1.54) is 60.4 Å². The summed E-state index contributed by atoms with van der Waals surface area (Å²) in [6, 6.07) is 75.8. The van der Waals surface area contributed by atoms with Crippen LogP contribution >= 0.6 is 0 Å². The van der Waals surface area contributed by atoms with Crippen molar-refractivity contribution < 1.29 is 0 Å². The molecular weight excluding hydrogens is 791 g/mol. The molecule has 0 saturated carbocycles. The quantitative estimate of drug-likeness (QED) is 0.168. The molecule has 13 rings (SSSR count). The third-order valence-electron chi connectivity index (χ3n) is 13.6. The molecule has 0 saturated heterocycles. The van der Waals surface area contributed by atoms with Gasteiger partial charge < -0.3 is 9.13 Å². The molecule has 0 atom stereocenters. The summed E-state index contributed by atoms with van der Waals surface area (Å²) in [5, 5.41) is 5.00. The molecule has 0 amide bonds. The SMILES string of the molecule is CC1(C)c2ccccc2-c2c1ccc1c2c2ccccc2n1-c1ccc(-c2nc(-c3ccc(-c4ccccc4)cc3)nc(-c3cccc(-n4c5ccccc5c5ccccc54)c3)n2)cc1. The molecule has 306 valence electrons. The highest BCUT2D eigenvalue weighted by Gasteiger charge is 2.37. The first-order valence-electron chi connectivity index (χ1n) is 22.3. The first kappa shape index (κ1) is 37.2. The first-order valence-corrected chi connectivity index (χ1v) is 22.3. The molecule has 0 spiro atoms. The van der Waals surface area contributed by atoms with Gasteiger partial charge in [-0.05, 0) is 94.0 Å². The van der Waals surface area contributed by atoms with Crippen molar-refractivity contribution >= 4 is 43.6 Å². The lowest BCUT2D eigenvalue weighted by Crippen LogP contribution is -2.14. The van der Waals surface area contributed by atoms with Crippen LogP contribution in [0.2, 0.25) is 0 Å². The largest absolute Gasteiger partial charge is 0.309 e. The minimum Gasteiger partial charge on any atom is -0.309 e. The summed E-state index contributed by atoms with van der Waals surface area (Å²) in [5.41, 5.74) is 17.2. The molecule has 1 aliphatic carbocycles. The van der Waals surface area contributed by atoms with Crippen LogP contribution in [0.1, 0.15) is 25.0 Å². The van der Waals surface area contributed by atoms with Gasteiger partial charge in [-0.3, -0.25) is 0 Å². The zero-order chi connectivity index (χ0) is 43.2. The van der Waals surface area contributed by atoms with E-state index in [2.05, 4.69) is 229 Å².